The molecule has 0 saturated heterocycles. The van der Waals surface area contributed by atoms with Crippen molar-refractivity contribution in [1.82, 2.24) is 4.98 Å². The number of ether oxygens (including phenoxy) is 2. The van der Waals surface area contributed by atoms with E-state index in [0.717, 1.165) is 28.2 Å². The first-order chi connectivity index (χ1) is 14.5. The van der Waals surface area contributed by atoms with Crippen LogP contribution < -0.4 is 9.64 Å². The predicted octanol–water partition coefficient (Wildman–Crippen LogP) is 5.62. The fraction of sp³-hybridized carbons (Fsp3) is 0.273. The second kappa shape index (κ2) is 8.94. The lowest BCUT2D eigenvalue weighted by atomic mass is 10.1. The third kappa shape index (κ3) is 4.32. The Hall–Kier alpha value is -2.12. The number of fused-ring (bicyclic) bond motifs is 1. The summed E-state index contributed by atoms with van der Waals surface area (Å²) in [5, 5.41) is 4.10. The Morgan fingerprint density at radius 2 is 2.07 bits per heavy atom. The van der Waals surface area contributed by atoms with Gasteiger partial charge in [-0.1, -0.05) is 29.3 Å². The topological polar surface area (TPSA) is 51.7 Å². The third-order valence-corrected chi connectivity index (χ3v) is 6.37. The van der Waals surface area contributed by atoms with Gasteiger partial charge in [-0.2, -0.15) is 0 Å². The van der Waals surface area contributed by atoms with Crippen molar-refractivity contribution in [1.29, 1.82) is 0 Å². The molecular weight excluding hydrogens is 443 g/mol. The summed E-state index contributed by atoms with van der Waals surface area (Å²) >= 11 is 14.0. The van der Waals surface area contributed by atoms with E-state index in [0.29, 0.717) is 34.6 Å². The number of nitrogens with zero attached hydrogens (tertiary/aromatic N) is 2. The highest BCUT2D eigenvalue weighted by molar-refractivity contribution is 7.09. The lowest BCUT2D eigenvalue weighted by Crippen LogP contribution is -2.44. The Balaban J connectivity index is 1.68. The number of methoxy groups -OCH3 is 1. The van der Waals surface area contributed by atoms with Crippen LogP contribution in [0.1, 0.15) is 17.5 Å². The molecule has 1 aliphatic rings. The van der Waals surface area contributed by atoms with Crippen LogP contribution in [-0.4, -0.2) is 30.7 Å². The summed E-state index contributed by atoms with van der Waals surface area (Å²) in [6, 6.07) is 11.1. The van der Waals surface area contributed by atoms with Gasteiger partial charge in [0.05, 0.1) is 29.5 Å². The van der Waals surface area contributed by atoms with E-state index in [-0.39, 0.29) is 5.91 Å². The molecule has 0 radical (unpaired) electrons. The zero-order valence-electron chi connectivity index (χ0n) is 16.5. The number of hydrogen-bond acceptors (Lipinski definition) is 5. The van der Waals surface area contributed by atoms with Crippen LogP contribution in [0, 0.1) is 0 Å². The SMILES string of the molecule is COCCc1nc(-c2ccc3c(c2)N(Cc2ccc(Cl)cc2Cl)C(=O)C(C)O3)cs1. The monoisotopic (exact) mass is 462 g/mol. The van der Waals surface area contributed by atoms with E-state index in [4.69, 9.17) is 37.7 Å². The molecule has 3 aromatic rings. The van der Waals surface area contributed by atoms with Gasteiger partial charge in [0.25, 0.3) is 5.91 Å². The molecule has 0 saturated carbocycles. The molecule has 156 valence electrons. The molecule has 1 aromatic heterocycles. The van der Waals surface area contributed by atoms with Crippen LogP contribution in [0.5, 0.6) is 5.75 Å². The summed E-state index contributed by atoms with van der Waals surface area (Å²) in [5.41, 5.74) is 3.31. The maximum atomic E-state index is 12.9. The molecule has 0 N–H and O–H groups in total. The number of benzene rings is 2. The lowest BCUT2D eigenvalue weighted by molar-refractivity contribution is -0.125. The minimum absolute atomic E-state index is 0.121. The molecule has 0 bridgehead atoms. The zero-order chi connectivity index (χ0) is 21.3. The normalized spacial score (nSPS) is 15.8. The highest BCUT2D eigenvalue weighted by atomic mass is 35.5. The number of rotatable bonds is 6. The predicted molar refractivity (Wildman–Crippen MR) is 121 cm³/mol. The molecule has 4 rings (SSSR count). The van der Waals surface area contributed by atoms with Gasteiger partial charge in [0, 0.05) is 34.5 Å². The Morgan fingerprint density at radius 3 is 2.83 bits per heavy atom. The molecule has 0 fully saturated rings. The molecule has 2 heterocycles. The Kier molecular flexibility index (Phi) is 6.29. The van der Waals surface area contributed by atoms with Crippen LogP contribution in [0.15, 0.2) is 41.8 Å². The number of carbonyl (C=O) groups excluding carboxylic acids is 1. The summed E-state index contributed by atoms with van der Waals surface area (Å²) in [4.78, 5) is 19.3. The Bertz CT molecular complexity index is 1090. The molecule has 0 spiro atoms. The molecule has 1 aliphatic heterocycles. The number of anilines is 1. The first kappa shape index (κ1) is 21.1. The van der Waals surface area contributed by atoms with Crippen molar-refractivity contribution in [3.05, 3.63) is 62.4 Å². The average molecular weight is 463 g/mol. The molecule has 8 heteroatoms. The van der Waals surface area contributed by atoms with Gasteiger partial charge in [-0.25, -0.2) is 4.98 Å². The van der Waals surface area contributed by atoms with Gasteiger partial charge in [-0.15, -0.1) is 11.3 Å². The van der Waals surface area contributed by atoms with E-state index in [1.54, 1.807) is 42.4 Å². The van der Waals surface area contributed by atoms with Crippen LogP contribution >= 0.6 is 34.5 Å². The highest BCUT2D eigenvalue weighted by Crippen LogP contribution is 2.39. The standard InChI is InChI=1S/C22H20Cl2N2O3S/c1-13-22(27)26(11-15-3-5-16(23)10-17(15)24)19-9-14(4-6-20(19)29-13)18-12-30-21(25-18)7-8-28-2/h3-6,9-10,12-13H,7-8,11H2,1-2H3. The summed E-state index contributed by atoms with van der Waals surface area (Å²) in [5.74, 6) is 0.538. The van der Waals surface area contributed by atoms with E-state index in [2.05, 4.69) is 0 Å². The van der Waals surface area contributed by atoms with Gasteiger partial charge in [-0.3, -0.25) is 4.79 Å². The van der Waals surface area contributed by atoms with Crippen molar-refractivity contribution in [2.24, 2.45) is 0 Å². The van der Waals surface area contributed by atoms with Crippen LogP contribution in [0.2, 0.25) is 10.0 Å². The smallest absolute Gasteiger partial charge is 0.268 e. The Morgan fingerprint density at radius 1 is 1.23 bits per heavy atom. The van der Waals surface area contributed by atoms with E-state index in [9.17, 15) is 4.79 Å². The molecule has 1 unspecified atom stereocenters. The summed E-state index contributed by atoms with van der Waals surface area (Å²) in [6.45, 7) is 2.71. The molecule has 1 atom stereocenters. The maximum Gasteiger partial charge on any atom is 0.268 e. The number of halogens is 2. The zero-order valence-corrected chi connectivity index (χ0v) is 18.9. The third-order valence-electron chi connectivity index (χ3n) is 4.88. The average Bonchev–Trinajstić information content (AvgIpc) is 3.20. The first-order valence-corrected chi connectivity index (χ1v) is 11.1. The summed E-state index contributed by atoms with van der Waals surface area (Å²) in [6.07, 6.45) is 0.196. The van der Waals surface area contributed by atoms with E-state index in [1.807, 2.05) is 29.6 Å². The molecule has 5 nitrogen and oxygen atoms in total. The van der Waals surface area contributed by atoms with Crippen molar-refractivity contribution in [2.45, 2.75) is 26.0 Å². The fourth-order valence-electron chi connectivity index (χ4n) is 3.30. The highest BCUT2D eigenvalue weighted by Gasteiger charge is 2.32. The van der Waals surface area contributed by atoms with Crippen LogP contribution in [0.4, 0.5) is 5.69 Å². The van der Waals surface area contributed by atoms with Crippen molar-refractivity contribution in [3.63, 3.8) is 0 Å². The second-order valence-corrected chi connectivity index (χ2v) is 8.76. The number of amides is 1. The molecular formula is C22H20Cl2N2O3S. The summed E-state index contributed by atoms with van der Waals surface area (Å²) in [7, 11) is 1.68. The van der Waals surface area contributed by atoms with Crippen LogP contribution in [-0.2, 0) is 22.5 Å². The molecule has 30 heavy (non-hydrogen) atoms. The van der Waals surface area contributed by atoms with E-state index in [1.165, 1.54) is 0 Å². The number of carbonyl (C=O) groups is 1. The van der Waals surface area contributed by atoms with E-state index >= 15 is 0 Å². The minimum atomic E-state index is -0.575. The van der Waals surface area contributed by atoms with Crippen LogP contribution in [0.25, 0.3) is 11.3 Å². The van der Waals surface area contributed by atoms with E-state index < -0.39 is 6.10 Å². The van der Waals surface area contributed by atoms with Gasteiger partial charge >= 0.3 is 0 Å². The number of aromatic nitrogens is 1. The number of hydrogen-bond donors (Lipinski definition) is 0. The van der Waals surface area contributed by atoms with Gasteiger partial charge < -0.3 is 14.4 Å². The second-order valence-electron chi connectivity index (χ2n) is 6.97. The van der Waals surface area contributed by atoms with Crippen molar-refractivity contribution in [2.75, 3.05) is 18.6 Å². The summed E-state index contributed by atoms with van der Waals surface area (Å²) < 4.78 is 11.0. The quantitative estimate of drug-likeness (QED) is 0.476. The van der Waals surface area contributed by atoms with Gasteiger partial charge in [0.1, 0.15) is 5.75 Å². The van der Waals surface area contributed by atoms with Crippen molar-refractivity contribution >= 4 is 46.1 Å². The van der Waals surface area contributed by atoms with Gasteiger partial charge in [0.15, 0.2) is 6.10 Å². The molecule has 2 aromatic carbocycles. The lowest BCUT2D eigenvalue weighted by Gasteiger charge is -2.33. The van der Waals surface area contributed by atoms with Crippen molar-refractivity contribution < 1.29 is 14.3 Å². The maximum absolute atomic E-state index is 12.9. The Labute approximate surface area is 189 Å². The molecule has 0 aliphatic carbocycles. The fourth-order valence-corrected chi connectivity index (χ4v) is 4.55. The molecule has 1 amide bonds. The largest absolute Gasteiger partial charge is 0.479 e. The number of thiazole rings is 1. The van der Waals surface area contributed by atoms with Crippen LogP contribution in [0.3, 0.4) is 0 Å². The first-order valence-electron chi connectivity index (χ1n) is 9.46. The van der Waals surface area contributed by atoms with Gasteiger partial charge in [0.2, 0.25) is 0 Å². The van der Waals surface area contributed by atoms with Gasteiger partial charge in [-0.05, 0) is 42.8 Å². The minimum Gasteiger partial charge on any atom is -0.479 e. The van der Waals surface area contributed by atoms with Crippen molar-refractivity contribution in [3.8, 4) is 17.0 Å².